The summed E-state index contributed by atoms with van der Waals surface area (Å²) in [5.74, 6) is -1.34. The van der Waals surface area contributed by atoms with Gasteiger partial charge in [0.15, 0.2) is 9.84 Å². The summed E-state index contributed by atoms with van der Waals surface area (Å²) in [6.07, 6.45) is 5.37. The van der Waals surface area contributed by atoms with Crippen LogP contribution in [0, 0.1) is 0 Å². The summed E-state index contributed by atoms with van der Waals surface area (Å²) in [7, 11) is -3.60. The molecule has 6 nitrogen and oxygen atoms in total. The molecular formula is C13H14N2O4S. The summed E-state index contributed by atoms with van der Waals surface area (Å²) in [5, 5.41) is 9.03. The molecular weight excluding hydrogens is 280 g/mol. The van der Waals surface area contributed by atoms with Gasteiger partial charge in [-0.25, -0.2) is 18.2 Å². The van der Waals surface area contributed by atoms with Crippen LogP contribution in [-0.2, 0) is 16.4 Å². The number of hydrogen-bond donors (Lipinski definition) is 1. The summed E-state index contributed by atoms with van der Waals surface area (Å²) < 4.78 is 26.2. The van der Waals surface area contributed by atoms with Gasteiger partial charge in [-0.05, 0) is 18.6 Å². The summed E-state index contributed by atoms with van der Waals surface area (Å²) in [5.41, 5.74) is -0.185. The Kier molecular flexibility index (Phi) is 4.19. The van der Waals surface area contributed by atoms with Gasteiger partial charge in [0, 0.05) is 18.9 Å². The molecule has 1 aromatic carbocycles. The molecule has 0 atom stereocenters. The average molecular weight is 294 g/mol. The topological polar surface area (TPSA) is 89.3 Å². The maximum atomic E-state index is 12.2. The van der Waals surface area contributed by atoms with E-state index < -0.39 is 15.8 Å². The molecule has 1 N–H and O–H groups in total. The highest BCUT2D eigenvalue weighted by Crippen LogP contribution is 2.18. The quantitative estimate of drug-likeness (QED) is 0.871. The van der Waals surface area contributed by atoms with Crippen LogP contribution in [-0.4, -0.2) is 34.8 Å². The summed E-state index contributed by atoms with van der Waals surface area (Å²) in [6.45, 7) is 0.522. The third-order valence-corrected chi connectivity index (χ3v) is 4.69. The highest BCUT2D eigenvalue weighted by atomic mass is 32.2. The molecule has 2 rings (SSSR count). The zero-order chi connectivity index (χ0) is 14.6. The molecule has 0 aliphatic carbocycles. The van der Waals surface area contributed by atoms with E-state index in [1.54, 1.807) is 23.3 Å². The van der Waals surface area contributed by atoms with Crippen molar-refractivity contribution in [2.45, 2.75) is 17.9 Å². The predicted octanol–water partition coefficient (Wildman–Crippen LogP) is 1.45. The molecule has 106 valence electrons. The number of benzene rings is 1. The Bertz CT molecular complexity index is 693. The number of imidazole rings is 1. The van der Waals surface area contributed by atoms with Gasteiger partial charge in [-0.2, -0.15) is 0 Å². The Balaban J connectivity index is 2.12. The first-order valence-electron chi connectivity index (χ1n) is 6.01. The minimum atomic E-state index is -3.60. The lowest BCUT2D eigenvalue weighted by Crippen LogP contribution is -2.13. The molecule has 0 spiro atoms. The minimum absolute atomic E-state index is 0.102. The number of hydrogen-bond acceptors (Lipinski definition) is 4. The lowest BCUT2D eigenvalue weighted by atomic mass is 10.2. The lowest BCUT2D eigenvalue weighted by molar-refractivity contribution is 0.0692. The molecule has 0 saturated carbocycles. The van der Waals surface area contributed by atoms with Crippen molar-refractivity contribution in [1.82, 2.24) is 9.55 Å². The monoisotopic (exact) mass is 294 g/mol. The number of carbonyl (C=O) groups is 1. The van der Waals surface area contributed by atoms with E-state index in [1.165, 1.54) is 24.3 Å². The molecule has 0 aliphatic rings. The first-order chi connectivity index (χ1) is 9.50. The number of aryl methyl sites for hydroxylation is 1. The van der Waals surface area contributed by atoms with Crippen molar-refractivity contribution >= 4 is 15.8 Å². The second kappa shape index (κ2) is 5.87. The van der Waals surface area contributed by atoms with E-state index in [0.29, 0.717) is 13.0 Å². The van der Waals surface area contributed by atoms with Crippen LogP contribution >= 0.6 is 0 Å². The molecule has 1 heterocycles. The number of carboxylic acid groups (broad SMARTS) is 1. The van der Waals surface area contributed by atoms with Crippen molar-refractivity contribution in [1.29, 1.82) is 0 Å². The number of aromatic carboxylic acids is 1. The van der Waals surface area contributed by atoms with Crippen LogP contribution in [0.25, 0.3) is 0 Å². The van der Waals surface area contributed by atoms with Crippen LogP contribution in [0.4, 0.5) is 0 Å². The van der Waals surface area contributed by atoms with E-state index in [0.717, 1.165) is 0 Å². The molecule has 0 amide bonds. The maximum absolute atomic E-state index is 12.2. The normalized spacial score (nSPS) is 11.4. The Morgan fingerprint density at radius 1 is 1.30 bits per heavy atom. The molecule has 0 fully saturated rings. The third kappa shape index (κ3) is 3.24. The lowest BCUT2D eigenvalue weighted by Gasteiger charge is -2.08. The Morgan fingerprint density at radius 3 is 2.70 bits per heavy atom. The van der Waals surface area contributed by atoms with Crippen molar-refractivity contribution in [3.8, 4) is 0 Å². The number of carboxylic acids is 1. The predicted molar refractivity (Wildman–Crippen MR) is 72.3 cm³/mol. The Hall–Kier alpha value is -2.15. The number of nitrogens with zero attached hydrogens (tertiary/aromatic N) is 2. The second-order valence-electron chi connectivity index (χ2n) is 4.27. The van der Waals surface area contributed by atoms with Crippen LogP contribution in [0.2, 0.25) is 0 Å². The van der Waals surface area contributed by atoms with Crippen molar-refractivity contribution in [3.63, 3.8) is 0 Å². The molecule has 0 unspecified atom stereocenters. The van der Waals surface area contributed by atoms with E-state index in [2.05, 4.69) is 4.98 Å². The van der Waals surface area contributed by atoms with Crippen molar-refractivity contribution in [2.75, 3.05) is 5.75 Å². The molecule has 0 saturated heterocycles. The van der Waals surface area contributed by atoms with Gasteiger partial charge in [0.2, 0.25) is 0 Å². The van der Waals surface area contributed by atoms with E-state index in [1.807, 2.05) is 0 Å². The third-order valence-electron chi connectivity index (χ3n) is 2.84. The van der Waals surface area contributed by atoms with Crippen molar-refractivity contribution in [2.24, 2.45) is 0 Å². The van der Waals surface area contributed by atoms with Crippen LogP contribution in [0.3, 0.4) is 0 Å². The molecule has 7 heteroatoms. The maximum Gasteiger partial charge on any atom is 0.337 e. The standard InChI is InChI=1S/C13H14N2O4S/c16-13(17)11-4-1-2-5-12(11)20(18,19)9-3-7-15-8-6-14-10-15/h1-2,4-6,8,10H,3,7,9H2,(H,16,17). The summed E-state index contributed by atoms with van der Waals surface area (Å²) >= 11 is 0. The Labute approximate surface area is 116 Å². The molecule has 2 aromatic rings. The van der Waals surface area contributed by atoms with Crippen LogP contribution in [0.5, 0.6) is 0 Å². The van der Waals surface area contributed by atoms with E-state index >= 15 is 0 Å². The molecule has 0 radical (unpaired) electrons. The minimum Gasteiger partial charge on any atom is -0.478 e. The summed E-state index contributed by atoms with van der Waals surface area (Å²) in [4.78, 5) is 14.8. The van der Waals surface area contributed by atoms with Crippen molar-refractivity contribution < 1.29 is 18.3 Å². The largest absolute Gasteiger partial charge is 0.478 e. The van der Waals surface area contributed by atoms with Gasteiger partial charge in [0.05, 0.1) is 22.5 Å². The van der Waals surface area contributed by atoms with Crippen LogP contribution in [0.15, 0.2) is 47.9 Å². The van der Waals surface area contributed by atoms with E-state index in [-0.39, 0.29) is 16.2 Å². The van der Waals surface area contributed by atoms with E-state index in [4.69, 9.17) is 5.11 Å². The van der Waals surface area contributed by atoms with Crippen LogP contribution in [0.1, 0.15) is 16.8 Å². The van der Waals surface area contributed by atoms with Gasteiger partial charge >= 0.3 is 5.97 Å². The van der Waals surface area contributed by atoms with Crippen LogP contribution < -0.4 is 0 Å². The summed E-state index contributed by atoms with van der Waals surface area (Å²) in [6, 6.07) is 5.66. The zero-order valence-electron chi connectivity index (χ0n) is 10.6. The molecule has 1 aromatic heterocycles. The Morgan fingerprint density at radius 2 is 2.05 bits per heavy atom. The van der Waals surface area contributed by atoms with Gasteiger partial charge < -0.3 is 9.67 Å². The fraction of sp³-hybridized carbons (Fsp3) is 0.231. The smallest absolute Gasteiger partial charge is 0.337 e. The first kappa shape index (κ1) is 14.3. The van der Waals surface area contributed by atoms with Gasteiger partial charge in [-0.3, -0.25) is 0 Å². The highest BCUT2D eigenvalue weighted by Gasteiger charge is 2.21. The molecule has 0 bridgehead atoms. The number of sulfone groups is 1. The van der Waals surface area contributed by atoms with Gasteiger partial charge in [-0.15, -0.1) is 0 Å². The fourth-order valence-electron chi connectivity index (χ4n) is 1.88. The van der Waals surface area contributed by atoms with Gasteiger partial charge in [0.1, 0.15) is 0 Å². The number of aromatic nitrogens is 2. The SMILES string of the molecule is O=C(O)c1ccccc1S(=O)(=O)CCCn1ccnc1. The number of rotatable bonds is 6. The average Bonchev–Trinajstić information content (AvgIpc) is 2.91. The fourth-order valence-corrected chi connectivity index (χ4v) is 3.39. The van der Waals surface area contributed by atoms with Gasteiger partial charge in [0.25, 0.3) is 0 Å². The van der Waals surface area contributed by atoms with E-state index in [9.17, 15) is 13.2 Å². The molecule has 20 heavy (non-hydrogen) atoms. The first-order valence-corrected chi connectivity index (χ1v) is 7.67. The highest BCUT2D eigenvalue weighted by molar-refractivity contribution is 7.91. The van der Waals surface area contributed by atoms with Gasteiger partial charge in [-0.1, -0.05) is 12.1 Å². The van der Waals surface area contributed by atoms with Crippen molar-refractivity contribution in [3.05, 3.63) is 48.5 Å². The second-order valence-corrected chi connectivity index (χ2v) is 6.35. The molecule has 0 aliphatic heterocycles. The zero-order valence-corrected chi connectivity index (χ0v) is 11.5.